The van der Waals surface area contributed by atoms with Crippen LogP contribution in [-0.2, 0) is 0 Å². The summed E-state index contributed by atoms with van der Waals surface area (Å²) < 4.78 is 13.9. The van der Waals surface area contributed by atoms with Gasteiger partial charge < -0.3 is 16.3 Å². The summed E-state index contributed by atoms with van der Waals surface area (Å²) in [5, 5.41) is 14.9. The Labute approximate surface area is 121 Å². The zero-order chi connectivity index (χ0) is 14.6. The summed E-state index contributed by atoms with van der Waals surface area (Å²) in [6.45, 7) is 6.28. The van der Waals surface area contributed by atoms with E-state index in [9.17, 15) is 4.39 Å². The molecule has 0 aliphatic carbocycles. The van der Waals surface area contributed by atoms with Gasteiger partial charge in [-0.3, -0.25) is 0 Å². The predicted octanol–water partition coefficient (Wildman–Crippen LogP) is 3.47. The highest BCUT2D eigenvalue weighted by Crippen LogP contribution is 2.25. The van der Waals surface area contributed by atoms with Gasteiger partial charge in [-0.15, -0.1) is 0 Å². The monoisotopic (exact) mass is 331 g/mol. The van der Waals surface area contributed by atoms with E-state index in [-0.39, 0.29) is 11.7 Å². The molecule has 0 spiro atoms. The van der Waals surface area contributed by atoms with Gasteiger partial charge in [0.2, 0.25) is 0 Å². The molecule has 6 heteroatoms. The van der Waals surface area contributed by atoms with Gasteiger partial charge in [-0.2, -0.15) is 0 Å². The number of anilines is 1. The second-order valence-electron chi connectivity index (χ2n) is 5.13. The Kier molecular flexibility index (Phi) is 5.17. The lowest BCUT2D eigenvalue weighted by Gasteiger charge is -2.23. The van der Waals surface area contributed by atoms with Crippen molar-refractivity contribution in [3.8, 4) is 0 Å². The third-order valence-corrected chi connectivity index (χ3v) is 3.74. The fourth-order valence-corrected chi connectivity index (χ4v) is 2.07. The molecule has 0 unspecified atom stereocenters. The van der Waals surface area contributed by atoms with Crippen LogP contribution >= 0.6 is 15.9 Å². The second kappa shape index (κ2) is 6.23. The van der Waals surface area contributed by atoms with Crippen LogP contribution in [0.25, 0.3) is 0 Å². The molecule has 0 fully saturated rings. The van der Waals surface area contributed by atoms with E-state index in [4.69, 9.17) is 10.9 Å². The predicted molar refractivity (Wildman–Crippen MR) is 79.1 cm³/mol. The molecule has 106 valence electrons. The van der Waals surface area contributed by atoms with Crippen LogP contribution in [0.15, 0.2) is 21.8 Å². The van der Waals surface area contributed by atoms with E-state index in [0.717, 1.165) is 11.3 Å². The normalized spacial score (nSPS) is 12.6. The van der Waals surface area contributed by atoms with Crippen LogP contribution in [0.1, 0.15) is 25.8 Å². The summed E-state index contributed by atoms with van der Waals surface area (Å²) >= 11 is 3.15. The molecular weight excluding hydrogens is 313 g/mol. The quantitative estimate of drug-likeness (QED) is 0.335. The number of hydrogen-bond acceptors (Lipinski definition) is 3. The maximum atomic E-state index is 13.4. The summed E-state index contributed by atoms with van der Waals surface area (Å²) in [4.78, 5) is 0. The highest BCUT2D eigenvalue weighted by atomic mass is 79.9. The van der Waals surface area contributed by atoms with Crippen LogP contribution in [-0.4, -0.2) is 17.6 Å². The molecule has 4 nitrogen and oxygen atoms in total. The maximum Gasteiger partial charge on any atom is 0.144 e. The van der Waals surface area contributed by atoms with Gasteiger partial charge in [-0.25, -0.2) is 4.39 Å². The van der Waals surface area contributed by atoms with Gasteiger partial charge in [0.05, 0.1) is 4.47 Å². The number of aryl methyl sites for hydroxylation is 1. The van der Waals surface area contributed by atoms with Crippen molar-refractivity contribution in [3.63, 3.8) is 0 Å². The molecule has 19 heavy (non-hydrogen) atoms. The molecular formula is C13H19BrFN3O. The molecule has 0 radical (unpaired) electrons. The Hall–Kier alpha value is -1.30. The first-order valence-corrected chi connectivity index (χ1v) is 6.75. The number of amidine groups is 1. The summed E-state index contributed by atoms with van der Waals surface area (Å²) in [7, 11) is 0. The smallest absolute Gasteiger partial charge is 0.144 e. The first-order valence-electron chi connectivity index (χ1n) is 5.95. The first-order chi connectivity index (χ1) is 8.77. The molecule has 0 bridgehead atoms. The molecule has 0 aromatic heterocycles. The van der Waals surface area contributed by atoms with Gasteiger partial charge in [0.1, 0.15) is 11.7 Å². The third kappa shape index (κ3) is 4.09. The Morgan fingerprint density at radius 3 is 2.74 bits per heavy atom. The molecule has 1 aromatic carbocycles. The van der Waals surface area contributed by atoms with E-state index in [1.807, 2.05) is 20.8 Å². The van der Waals surface area contributed by atoms with Gasteiger partial charge in [0.25, 0.3) is 0 Å². The SMILES string of the molecule is Cc1cc(Br)c(F)cc1NCCC(C)(C)/C(N)=N/O. The van der Waals surface area contributed by atoms with Crippen molar-refractivity contribution < 1.29 is 9.60 Å². The van der Waals surface area contributed by atoms with E-state index < -0.39 is 5.41 Å². The third-order valence-electron chi connectivity index (χ3n) is 3.13. The van der Waals surface area contributed by atoms with Crippen molar-refractivity contribution >= 4 is 27.5 Å². The second-order valence-corrected chi connectivity index (χ2v) is 5.98. The fraction of sp³-hybridized carbons (Fsp3) is 0.462. The van der Waals surface area contributed by atoms with Crippen molar-refractivity contribution in [1.82, 2.24) is 0 Å². The minimum atomic E-state index is -0.413. The van der Waals surface area contributed by atoms with E-state index in [2.05, 4.69) is 26.4 Å². The minimum absolute atomic E-state index is 0.188. The number of benzene rings is 1. The minimum Gasteiger partial charge on any atom is -0.409 e. The number of nitrogens with zero attached hydrogens (tertiary/aromatic N) is 1. The lowest BCUT2D eigenvalue weighted by molar-refractivity contribution is 0.306. The molecule has 0 amide bonds. The van der Waals surface area contributed by atoms with E-state index in [1.165, 1.54) is 6.07 Å². The standard InChI is InChI=1S/C13H19BrFN3O/c1-8-6-9(14)10(15)7-11(8)17-5-4-13(2,3)12(16)18-19/h6-7,17,19H,4-5H2,1-3H3,(H2,16,18). The summed E-state index contributed by atoms with van der Waals surface area (Å²) in [6.07, 6.45) is 0.667. The topological polar surface area (TPSA) is 70.6 Å². The van der Waals surface area contributed by atoms with Crippen molar-refractivity contribution in [2.45, 2.75) is 27.2 Å². The summed E-state index contributed by atoms with van der Waals surface area (Å²) in [6, 6.07) is 3.18. The largest absolute Gasteiger partial charge is 0.409 e. The number of nitrogens with two attached hydrogens (primary N) is 1. The van der Waals surface area contributed by atoms with Crippen LogP contribution in [0, 0.1) is 18.2 Å². The van der Waals surface area contributed by atoms with Crippen molar-refractivity contribution in [2.24, 2.45) is 16.3 Å². The van der Waals surface area contributed by atoms with Crippen molar-refractivity contribution in [2.75, 3.05) is 11.9 Å². The number of nitrogens with one attached hydrogen (secondary N) is 1. The fourth-order valence-electron chi connectivity index (χ4n) is 1.61. The van der Waals surface area contributed by atoms with Crippen LogP contribution in [0.4, 0.5) is 10.1 Å². The van der Waals surface area contributed by atoms with Gasteiger partial charge in [0.15, 0.2) is 0 Å². The van der Waals surface area contributed by atoms with Crippen LogP contribution in [0.5, 0.6) is 0 Å². The van der Waals surface area contributed by atoms with Crippen molar-refractivity contribution in [3.05, 3.63) is 28.0 Å². The Morgan fingerprint density at radius 1 is 1.53 bits per heavy atom. The lowest BCUT2D eigenvalue weighted by Crippen LogP contribution is -2.33. The molecule has 1 rings (SSSR count). The van der Waals surface area contributed by atoms with Crippen molar-refractivity contribution in [1.29, 1.82) is 0 Å². The Bertz CT molecular complexity index is 489. The average molecular weight is 332 g/mol. The summed E-state index contributed by atoms with van der Waals surface area (Å²) in [5.74, 6) is -0.114. The Morgan fingerprint density at radius 2 is 2.16 bits per heavy atom. The first kappa shape index (κ1) is 15.8. The zero-order valence-electron chi connectivity index (χ0n) is 11.3. The van der Waals surface area contributed by atoms with Crippen LogP contribution in [0.3, 0.4) is 0 Å². The number of rotatable bonds is 5. The Balaban J connectivity index is 2.66. The molecule has 4 N–H and O–H groups in total. The van der Waals surface area contributed by atoms with Gasteiger partial charge in [0, 0.05) is 17.6 Å². The van der Waals surface area contributed by atoms with Gasteiger partial charge in [-0.1, -0.05) is 19.0 Å². The van der Waals surface area contributed by atoms with Crippen LogP contribution in [0.2, 0.25) is 0 Å². The van der Waals surface area contributed by atoms with Gasteiger partial charge in [-0.05, 0) is 47.0 Å². The maximum absolute atomic E-state index is 13.4. The molecule has 0 heterocycles. The molecule has 0 aliphatic rings. The number of hydrogen-bond donors (Lipinski definition) is 3. The summed E-state index contributed by atoms with van der Waals surface area (Å²) in [5.41, 5.74) is 6.90. The van der Waals surface area contributed by atoms with Gasteiger partial charge >= 0.3 is 0 Å². The number of oxime groups is 1. The zero-order valence-corrected chi connectivity index (χ0v) is 12.9. The average Bonchev–Trinajstić information content (AvgIpc) is 2.34. The van der Waals surface area contributed by atoms with E-state index in [1.54, 1.807) is 6.07 Å². The highest BCUT2D eigenvalue weighted by molar-refractivity contribution is 9.10. The molecule has 0 atom stereocenters. The highest BCUT2D eigenvalue weighted by Gasteiger charge is 2.23. The van der Waals surface area contributed by atoms with E-state index >= 15 is 0 Å². The lowest BCUT2D eigenvalue weighted by atomic mass is 9.88. The van der Waals surface area contributed by atoms with E-state index in [0.29, 0.717) is 17.4 Å². The molecule has 0 aliphatic heterocycles. The molecule has 0 saturated heterocycles. The molecule has 1 aromatic rings. The van der Waals surface area contributed by atoms with Crippen LogP contribution < -0.4 is 11.1 Å². The number of halogens is 2. The molecule has 0 saturated carbocycles.